The Morgan fingerprint density at radius 1 is 1.00 bits per heavy atom. The molecule has 1 aliphatic rings. The van der Waals surface area contributed by atoms with Crippen LogP contribution in [0.4, 0.5) is 0 Å². The number of likely N-dealkylation sites (N-methyl/N-ethyl adjacent to an activating group) is 1. The van der Waals surface area contributed by atoms with E-state index in [2.05, 4.69) is 20.9 Å². The van der Waals surface area contributed by atoms with Crippen LogP contribution in [0.3, 0.4) is 0 Å². The molecule has 1 aliphatic heterocycles. The summed E-state index contributed by atoms with van der Waals surface area (Å²) in [5.74, 6) is -0.619. The fraction of sp³-hybridized carbons (Fsp3) is 0.435. The molecular weight excluding hydrogens is 418 g/mol. The van der Waals surface area contributed by atoms with Crippen LogP contribution in [-0.4, -0.2) is 47.8 Å². The summed E-state index contributed by atoms with van der Waals surface area (Å²) in [4.78, 5) is 13.0. The molecule has 1 fully saturated rings. The van der Waals surface area contributed by atoms with Crippen molar-refractivity contribution in [1.29, 1.82) is 0 Å². The van der Waals surface area contributed by atoms with Gasteiger partial charge in [-0.2, -0.15) is 0 Å². The molecule has 3 rings (SSSR count). The fourth-order valence-electron chi connectivity index (χ4n) is 4.15. The van der Waals surface area contributed by atoms with Crippen LogP contribution in [0.2, 0.25) is 0 Å². The fourth-order valence-corrected chi connectivity index (χ4v) is 4.15. The summed E-state index contributed by atoms with van der Waals surface area (Å²) in [7, 11) is 2.23. The predicted octanol–water partition coefficient (Wildman–Crippen LogP) is 0.487. The standard InChI is InChI=1S/C23H30NO3.BrH/c1-18-14-15-19(2)24(18,3)16-17-27-22(25)23(26,20-10-6-4-7-11-20)21-12-8-5-9-13-21;/h4-13,18-19,26H,14-17H2,1-3H3;1H/q+1;/p-1. The van der Waals surface area contributed by atoms with Gasteiger partial charge < -0.3 is 31.3 Å². The largest absolute Gasteiger partial charge is 1.00 e. The number of benzene rings is 2. The molecule has 0 saturated carbocycles. The number of aliphatic hydroxyl groups is 1. The number of quaternary nitrogens is 1. The van der Waals surface area contributed by atoms with Crippen LogP contribution in [0.1, 0.15) is 37.8 Å². The van der Waals surface area contributed by atoms with Gasteiger partial charge in [0.2, 0.25) is 5.60 Å². The molecule has 2 unspecified atom stereocenters. The van der Waals surface area contributed by atoms with Crippen LogP contribution < -0.4 is 17.0 Å². The zero-order valence-corrected chi connectivity index (χ0v) is 18.4. The summed E-state index contributed by atoms with van der Waals surface area (Å²) >= 11 is 0. The average molecular weight is 448 g/mol. The number of esters is 1. The molecule has 0 aromatic heterocycles. The normalized spacial score (nSPS) is 24.4. The van der Waals surface area contributed by atoms with Crippen LogP contribution in [0.25, 0.3) is 0 Å². The van der Waals surface area contributed by atoms with Gasteiger partial charge in [-0.25, -0.2) is 4.79 Å². The number of carbonyl (C=O) groups is 1. The SMILES string of the molecule is CC1CCC(C)[N+]1(C)CCOC(=O)C(O)(c1ccccc1)c1ccccc1.[Br-]. The Kier molecular flexibility index (Phi) is 7.43. The van der Waals surface area contributed by atoms with Gasteiger partial charge in [-0.1, -0.05) is 60.7 Å². The van der Waals surface area contributed by atoms with E-state index < -0.39 is 11.6 Å². The van der Waals surface area contributed by atoms with Crippen molar-refractivity contribution >= 4 is 5.97 Å². The Morgan fingerprint density at radius 3 is 1.86 bits per heavy atom. The zero-order valence-electron chi connectivity index (χ0n) is 16.8. The number of hydrogen-bond donors (Lipinski definition) is 1. The van der Waals surface area contributed by atoms with Gasteiger partial charge in [0, 0.05) is 12.8 Å². The van der Waals surface area contributed by atoms with Crippen LogP contribution in [0.5, 0.6) is 0 Å². The molecular formula is C23H30BrNO3. The molecule has 28 heavy (non-hydrogen) atoms. The third kappa shape index (κ3) is 4.17. The lowest BCUT2D eigenvalue weighted by molar-refractivity contribution is -0.939. The topological polar surface area (TPSA) is 46.5 Å². The van der Waals surface area contributed by atoms with Crippen LogP contribution in [-0.2, 0) is 15.1 Å². The quantitative estimate of drug-likeness (QED) is 0.517. The zero-order chi connectivity index (χ0) is 19.5. The second kappa shape index (κ2) is 9.21. The number of carbonyl (C=O) groups excluding carboxylic acids is 1. The van der Waals surface area contributed by atoms with E-state index in [0.29, 0.717) is 29.8 Å². The molecule has 1 N–H and O–H groups in total. The number of halogens is 1. The van der Waals surface area contributed by atoms with E-state index >= 15 is 0 Å². The number of nitrogens with zero attached hydrogens (tertiary/aromatic N) is 1. The van der Waals surface area contributed by atoms with Gasteiger partial charge in [-0.15, -0.1) is 0 Å². The summed E-state index contributed by atoms with van der Waals surface area (Å²) in [6.07, 6.45) is 2.40. The van der Waals surface area contributed by atoms with Crippen molar-refractivity contribution in [2.45, 2.75) is 44.4 Å². The Balaban J connectivity index is 0.00000280. The summed E-state index contributed by atoms with van der Waals surface area (Å²) in [5, 5.41) is 11.4. The third-order valence-electron chi connectivity index (χ3n) is 6.50. The average Bonchev–Trinajstić information content (AvgIpc) is 2.96. The van der Waals surface area contributed by atoms with Crippen molar-refractivity contribution in [2.24, 2.45) is 0 Å². The van der Waals surface area contributed by atoms with Gasteiger partial charge in [0.1, 0.15) is 13.2 Å². The minimum Gasteiger partial charge on any atom is -1.00 e. The first-order valence-corrected chi connectivity index (χ1v) is 9.74. The van der Waals surface area contributed by atoms with E-state index in [0.717, 1.165) is 11.0 Å². The number of rotatable bonds is 6. The van der Waals surface area contributed by atoms with Gasteiger partial charge in [0.15, 0.2) is 0 Å². The lowest BCUT2D eigenvalue weighted by atomic mass is 9.86. The Morgan fingerprint density at radius 2 is 1.43 bits per heavy atom. The van der Waals surface area contributed by atoms with E-state index in [1.54, 1.807) is 24.3 Å². The van der Waals surface area contributed by atoms with E-state index in [1.807, 2.05) is 36.4 Å². The Labute approximate surface area is 178 Å². The van der Waals surface area contributed by atoms with Gasteiger partial charge in [0.05, 0.1) is 19.1 Å². The molecule has 0 bridgehead atoms. The van der Waals surface area contributed by atoms with Gasteiger partial charge in [-0.05, 0) is 25.0 Å². The second-order valence-electron chi connectivity index (χ2n) is 7.92. The van der Waals surface area contributed by atoms with Crippen molar-refractivity contribution in [3.63, 3.8) is 0 Å². The Hall–Kier alpha value is -1.69. The molecule has 4 nitrogen and oxygen atoms in total. The second-order valence-corrected chi connectivity index (χ2v) is 7.92. The summed E-state index contributed by atoms with van der Waals surface area (Å²) in [5.41, 5.74) is -0.766. The number of likely N-dealkylation sites (tertiary alicyclic amines) is 1. The summed E-state index contributed by atoms with van der Waals surface area (Å²) < 4.78 is 6.54. The lowest BCUT2D eigenvalue weighted by Gasteiger charge is -2.39. The summed E-state index contributed by atoms with van der Waals surface area (Å²) in [6.45, 7) is 5.57. The van der Waals surface area contributed by atoms with Crippen molar-refractivity contribution in [3.8, 4) is 0 Å². The highest BCUT2D eigenvalue weighted by Crippen LogP contribution is 2.32. The van der Waals surface area contributed by atoms with Crippen molar-refractivity contribution < 1.29 is 36.1 Å². The van der Waals surface area contributed by atoms with Crippen molar-refractivity contribution in [1.82, 2.24) is 0 Å². The molecule has 0 spiro atoms. The molecule has 5 heteroatoms. The van der Waals surface area contributed by atoms with Crippen molar-refractivity contribution in [2.75, 3.05) is 20.2 Å². The molecule has 2 aromatic carbocycles. The van der Waals surface area contributed by atoms with Gasteiger partial charge >= 0.3 is 5.97 Å². The molecule has 0 aliphatic carbocycles. The minimum atomic E-state index is -1.80. The highest BCUT2D eigenvalue weighted by Gasteiger charge is 2.43. The maximum Gasteiger partial charge on any atom is 0.347 e. The highest BCUT2D eigenvalue weighted by molar-refractivity contribution is 5.85. The van der Waals surface area contributed by atoms with E-state index in [-0.39, 0.29) is 17.0 Å². The minimum absolute atomic E-state index is 0. The highest BCUT2D eigenvalue weighted by atomic mass is 79.9. The first-order valence-electron chi connectivity index (χ1n) is 9.74. The monoisotopic (exact) mass is 447 g/mol. The van der Waals surface area contributed by atoms with Crippen LogP contribution in [0, 0.1) is 0 Å². The molecule has 2 aromatic rings. The number of ether oxygens (including phenoxy) is 1. The van der Waals surface area contributed by atoms with E-state index in [1.165, 1.54) is 12.8 Å². The molecule has 1 saturated heterocycles. The van der Waals surface area contributed by atoms with Gasteiger partial charge in [-0.3, -0.25) is 0 Å². The summed E-state index contributed by atoms with van der Waals surface area (Å²) in [6, 6.07) is 19.1. The van der Waals surface area contributed by atoms with Crippen LogP contribution in [0.15, 0.2) is 60.7 Å². The molecule has 2 atom stereocenters. The molecule has 0 amide bonds. The number of hydrogen-bond acceptors (Lipinski definition) is 3. The molecule has 1 heterocycles. The lowest BCUT2D eigenvalue weighted by Crippen LogP contribution is -3.00. The Bertz CT molecular complexity index is 716. The van der Waals surface area contributed by atoms with Gasteiger partial charge in [0.25, 0.3) is 0 Å². The smallest absolute Gasteiger partial charge is 0.347 e. The predicted molar refractivity (Wildman–Crippen MR) is 106 cm³/mol. The maximum atomic E-state index is 13.0. The first kappa shape index (κ1) is 22.6. The van der Waals surface area contributed by atoms with E-state index in [4.69, 9.17) is 4.74 Å². The molecule has 0 radical (unpaired) electrons. The van der Waals surface area contributed by atoms with Crippen molar-refractivity contribution in [3.05, 3.63) is 71.8 Å². The first-order chi connectivity index (χ1) is 12.9. The van der Waals surface area contributed by atoms with Crippen LogP contribution >= 0.6 is 0 Å². The third-order valence-corrected chi connectivity index (χ3v) is 6.50. The van der Waals surface area contributed by atoms with E-state index in [9.17, 15) is 9.90 Å². The maximum absolute atomic E-state index is 13.0. The molecule has 152 valence electrons.